The molecule has 4 atom stereocenters. The summed E-state index contributed by atoms with van der Waals surface area (Å²) in [5.41, 5.74) is 0.300. The van der Waals surface area contributed by atoms with Crippen molar-refractivity contribution in [2.24, 2.45) is 23.7 Å². The number of hydrogen-bond acceptors (Lipinski definition) is 5. The Balaban J connectivity index is 1.84. The maximum Gasteiger partial charge on any atom is 0.340 e. The van der Waals surface area contributed by atoms with Crippen LogP contribution in [0.15, 0.2) is 18.2 Å². The normalized spacial score (nSPS) is 27.9. The number of rotatable bonds is 4. The molecule has 0 saturated heterocycles. The first kappa shape index (κ1) is 15.7. The number of carboxylic acids is 1. The summed E-state index contributed by atoms with van der Waals surface area (Å²) in [6.45, 7) is 1.83. The third kappa shape index (κ3) is 2.65. The van der Waals surface area contributed by atoms with E-state index in [0.717, 1.165) is 4.88 Å². The first-order valence-corrected chi connectivity index (χ1v) is 8.14. The van der Waals surface area contributed by atoms with Gasteiger partial charge in [-0.25, -0.2) is 4.79 Å². The minimum Gasteiger partial charge on any atom is -0.481 e. The number of allylic oxidation sites excluding steroid dienone is 2. The van der Waals surface area contributed by atoms with E-state index in [4.69, 9.17) is 4.74 Å². The second-order valence-electron chi connectivity index (χ2n) is 5.92. The predicted octanol–water partition coefficient (Wildman–Crippen LogP) is 2.30. The lowest BCUT2D eigenvalue weighted by Crippen LogP contribution is -2.36. The van der Waals surface area contributed by atoms with Crippen LogP contribution in [0, 0.1) is 30.6 Å². The number of esters is 1. The Morgan fingerprint density at radius 2 is 1.91 bits per heavy atom. The Bertz CT molecular complexity index is 707. The van der Waals surface area contributed by atoms with Crippen LogP contribution in [0.25, 0.3) is 0 Å². The maximum absolute atomic E-state index is 12.6. The van der Waals surface area contributed by atoms with Gasteiger partial charge in [-0.3, -0.25) is 9.59 Å². The highest BCUT2D eigenvalue weighted by atomic mass is 32.1. The highest BCUT2D eigenvalue weighted by Gasteiger charge is 2.51. The number of amides is 1. The smallest absolute Gasteiger partial charge is 0.340 e. The summed E-state index contributed by atoms with van der Waals surface area (Å²) in [6, 6.07) is 1.65. The molecule has 2 aliphatic carbocycles. The van der Waals surface area contributed by atoms with Gasteiger partial charge >= 0.3 is 11.9 Å². The Morgan fingerprint density at radius 3 is 2.52 bits per heavy atom. The second-order valence-corrected chi connectivity index (χ2v) is 7.18. The van der Waals surface area contributed by atoms with Crippen LogP contribution in [0.5, 0.6) is 0 Å². The highest BCUT2D eigenvalue weighted by molar-refractivity contribution is 7.16. The largest absolute Gasteiger partial charge is 0.481 e. The van der Waals surface area contributed by atoms with Gasteiger partial charge in [0.25, 0.3) is 0 Å². The summed E-state index contributed by atoms with van der Waals surface area (Å²) in [5.74, 6) is -3.25. The van der Waals surface area contributed by atoms with E-state index >= 15 is 0 Å². The molecule has 2 N–H and O–H groups in total. The van der Waals surface area contributed by atoms with E-state index in [-0.39, 0.29) is 17.7 Å². The fraction of sp³-hybridized carbons (Fsp3) is 0.438. The average molecular weight is 335 g/mol. The van der Waals surface area contributed by atoms with E-state index in [9.17, 15) is 19.5 Å². The zero-order valence-corrected chi connectivity index (χ0v) is 13.6. The molecule has 122 valence electrons. The van der Waals surface area contributed by atoms with Crippen molar-refractivity contribution >= 4 is 34.2 Å². The number of carboxylic acid groups (broad SMARTS) is 1. The van der Waals surface area contributed by atoms with Crippen LogP contribution >= 0.6 is 11.3 Å². The molecule has 0 spiro atoms. The second kappa shape index (κ2) is 5.81. The van der Waals surface area contributed by atoms with Gasteiger partial charge in [-0.1, -0.05) is 12.2 Å². The number of anilines is 1. The lowest BCUT2D eigenvalue weighted by molar-refractivity contribution is -0.146. The van der Waals surface area contributed by atoms with Gasteiger partial charge in [-0.2, -0.15) is 0 Å². The van der Waals surface area contributed by atoms with E-state index in [1.807, 2.05) is 19.1 Å². The molecule has 2 aliphatic rings. The molecule has 0 radical (unpaired) electrons. The SMILES string of the molecule is COC(=O)c1cc(C)sc1NC(=O)[C@@H]1[C@@H](C(=O)O)[C@H]2C=C[C@@H]1C2. The molecule has 0 aromatic carbocycles. The topological polar surface area (TPSA) is 92.7 Å². The summed E-state index contributed by atoms with van der Waals surface area (Å²) in [4.78, 5) is 36.8. The lowest BCUT2D eigenvalue weighted by atomic mass is 9.82. The molecule has 1 heterocycles. The third-order valence-corrected chi connectivity index (χ3v) is 5.51. The van der Waals surface area contributed by atoms with Crippen molar-refractivity contribution < 1.29 is 24.2 Å². The van der Waals surface area contributed by atoms with Crippen LogP contribution in [0.4, 0.5) is 5.00 Å². The van der Waals surface area contributed by atoms with Gasteiger partial charge in [-0.05, 0) is 31.2 Å². The Kier molecular flexibility index (Phi) is 3.97. The third-order valence-electron chi connectivity index (χ3n) is 4.54. The minimum atomic E-state index is -0.947. The van der Waals surface area contributed by atoms with E-state index in [1.165, 1.54) is 18.4 Å². The first-order valence-electron chi connectivity index (χ1n) is 7.33. The van der Waals surface area contributed by atoms with E-state index in [2.05, 4.69) is 5.32 Å². The molecule has 0 unspecified atom stereocenters. The van der Waals surface area contributed by atoms with Gasteiger partial charge in [0.1, 0.15) is 5.00 Å². The summed E-state index contributed by atoms with van der Waals surface area (Å²) < 4.78 is 4.72. The Morgan fingerprint density at radius 1 is 1.26 bits per heavy atom. The molecular weight excluding hydrogens is 318 g/mol. The molecule has 1 fully saturated rings. The number of aliphatic carboxylic acids is 1. The van der Waals surface area contributed by atoms with Crippen LogP contribution in [0.1, 0.15) is 21.7 Å². The van der Waals surface area contributed by atoms with Crippen molar-refractivity contribution in [2.75, 3.05) is 12.4 Å². The molecule has 1 saturated carbocycles. The number of nitrogens with one attached hydrogen (secondary N) is 1. The van der Waals surface area contributed by atoms with Crippen LogP contribution < -0.4 is 5.32 Å². The van der Waals surface area contributed by atoms with Crippen molar-refractivity contribution in [1.82, 2.24) is 0 Å². The van der Waals surface area contributed by atoms with Gasteiger partial charge in [-0.15, -0.1) is 11.3 Å². The highest BCUT2D eigenvalue weighted by Crippen LogP contribution is 2.48. The number of methoxy groups -OCH3 is 1. The summed E-state index contributed by atoms with van der Waals surface area (Å²) >= 11 is 1.28. The molecular formula is C16H17NO5S. The van der Waals surface area contributed by atoms with E-state index in [1.54, 1.807) is 6.07 Å². The van der Waals surface area contributed by atoms with Crippen molar-refractivity contribution in [3.63, 3.8) is 0 Å². The van der Waals surface area contributed by atoms with Crippen LogP contribution in [0.2, 0.25) is 0 Å². The van der Waals surface area contributed by atoms with E-state index in [0.29, 0.717) is 17.0 Å². The molecule has 3 rings (SSSR count). The van der Waals surface area contributed by atoms with Crippen LogP contribution in [-0.2, 0) is 14.3 Å². The van der Waals surface area contributed by atoms with Crippen molar-refractivity contribution in [3.05, 3.63) is 28.7 Å². The van der Waals surface area contributed by atoms with Crippen LogP contribution in [-0.4, -0.2) is 30.1 Å². The van der Waals surface area contributed by atoms with Gasteiger partial charge in [0.2, 0.25) is 5.91 Å². The summed E-state index contributed by atoms with van der Waals surface area (Å²) in [7, 11) is 1.28. The summed E-state index contributed by atoms with van der Waals surface area (Å²) in [6.07, 6.45) is 4.51. The molecule has 7 heteroatoms. The zero-order valence-electron chi connectivity index (χ0n) is 12.7. The fourth-order valence-corrected chi connectivity index (χ4v) is 4.48. The number of carbonyl (C=O) groups excluding carboxylic acids is 2. The van der Waals surface area contributed by atoms with Gasteiger partial charge < -0.3 is 15.2 Å². The number of carbonyl (C=O) groups is 3. The molecule has 1 amide bonds. The summed E-state index contributed by atoms with van der Waals surface area (Å²) in [5, 5.41) is 12.6. The lowest BCUT2D eigenvalue weighted by Gasteiger charge is -2.23. The monoisotopic (exact) mass is 335 g/mol. The molecule has 6 nitrogen and oxygen atoms in total. The van der Waals surface area contributed by atoms with Crippen molar-refractivity contribution in [1.29, 1.82) is 0 Å². The molecule has 1 aromatic heterocycles. The fourth-order valence-electron chi connectivity index (χ4n) is 3.58. The Labute approximate surface area is 137 Å². The number of hydrogen-bond donors (Lipinski definition) is 2. The maximum atomic E-state index is 12.6. The Hall–Kier alpha value is -2.15. The molecule has 23 heavy (non-hydrogen) atoms. The number of aryl methyl sites for hydroxylation is 1. The number of ether oxygens (including phenoxy) is 1. The predicted molar refractivity (Wildman–Crippen MR) is 84.4 cm³/mol. The quantitative estimate of drug-likeness (QED) is 0.650. The average Bonchev–Trinajstić information content (AvgIpc) is 3.19. The van der Waals surface area contributed by atoms with Gasteiger partial charge in [0.05, 0.1) is 24.5 Å². The standard InChI is InChI=1S/C16H17NO5S/c1-7-5-10(16(21)22-2)14(23-7)17-13(18)11-8-3-4-9(6-8)12(11)15(19)20/h3-5,8-9,11-12H,6H2,1-2H3,(H,17,18)(H,19,20)/t8-,9+,11+,12+/m1/s1. The van der Waals surface area contributed by atoms with E-state index < -0.39 is 23.8 Å². The van der Waals surface area contributed by atoms with Crippen molar-refractivity contribution in [3.8, 4) is 0 Å². The minimum absolute atomic E-state index is 0.0521. The zero-order chi connectivity index (χ0) is 16.7. The number of fused-ring (bicyclic) bond motifs is 2. The molecule has 2 bridgehead atoms. The van der Waals surface area contributed by atoms with Gasteiger partial charge in [0, 0.05) is 4.88 Å². The van der Waals surface area contributed by atoms with Crippen LogP contribution in [0.3, 0.4) is 0 Å². The van der Waals surface area contributed by atoms with Crippen molar-refractivity contribution in [2.45, 2.75) is 13.3 Å². The number of thiophene rings is 1. The molecule has 1 aromatic rings. The first-order chi connectivity index (χ1) is 10.9. The van der Waals surface area contributed by atoms with Gasteiger partial charge in [0.15, 0.2) is 0 Å². The molecule has 0 aliphatic heterocycles.